The molecule has 0 heterocycles. The Morgan fingerprint density at radius 2 is 1.65 bits per heavy atom. The highest BCUT2D eigenvalue weighted by Crippen LogP contribution is 2.22. The number of likely N-dealkylation sites (N-methyl/N-ethyl adjacent to an activating group) is 2. The van der Waals surface area contributed by atoms with Crippen molar-refractivity contribution in [3.63, 3.8) is 0 Å². The van der Waals surface area contributed by atoms with Crippen molar-refractivity contribution in [1.29, 1.82) is 0 Å². The molecule has 3 nitrogen and oxygen atoms in total. The molecule has 0 aliphatic rings. The number of nitrogens with zero attached hydrogens (tertiary/aromatic N) is 2. The second-order valence-corrected chi connectivity index (χ2v) is 6.91. The van der Waals surface area contributed by atoms with Crippen LogP contribution in [0.25, 0.3) is 0 Å². The first-order valence-electron chi connectivity index (χ1n) is 7.28. The largest absolute Gasteiger partial charge is 0.488 e. The maximum Gasteiger partial charge on any atom is 0.120 e. The van der Waals surface area contributed by atoms with Crippen LogP contribution in [-0.2, 0) is 6.54 Å². The second kappa shape index (κ2) is 7.09. The third-order valence-corrected chi connectivity index (χ3v) is 2.92. The summed E-state index contributed by atoms with van der Waals surface area (Å²) in [6.45, 7) is 11.5. The summed E-state index contributed by atoms with van der Waals surface area (Å²) < 4.78 is 5.98. The van der Waals surface area contributed by atoms with E-state index < -0.39 is 0 Å². The zero-order chi connectivity index (χ0) is 15.3. The summed E-state index contributed by atoms with van der Waals surface area (Å²) in [4.78, 5) is 4.55. The van der Waals surface area contributed by atoms with E-state index in [1.807, 2.05) is 0 Å². The zero-order valence-electron chi connectivity index (χ0n) is 14.2. The molecule has 0 spiro atoms. The van der Waals surface area contributed by atoms with Crippen molar-refractivity contribution in [3.8, 4) is 5.75 Å². The third kappa shape index (κ3) is 6.92. The highest BCUT2D eigenvalue weighted by atomic mass is 16.5. The van der Waals surface area contributed by atoms with E-state index >= 15 is 0 Å². The molecule has 0 bridgehead atoms. The van der Waals surface area contributed by atoms with Crippen LogP contribution in [0.5, 0.6) is 5.75 Å². The van der Waals surface area contributed by atoms with E-state index in [0.29, 0.717) is 0 Å². The smallest absolute Gasteiger partial charge is 0.120 e. The van der Waals surface area contributed by atoms with Gasteiger partial charge in [-0.3, -0.25) is 0 Å². The average Bonchev–Trinajstić information content (AvgIpc) is 2.22. The Labute approximate surface area is 124 Å². The van der Waals surface area contributed by atoms with Gasteiger partial charge in [0.2, 0.25) is 0 Å². The van der Waals surface area contributed by atoms with Gasteiger partial charge < -0.3 is 14.5 Å². The van der Waals surface area contributed by atoms with E-state index in [2.05, 4.69) is 76.8 Å². The van der Waals surface area contributed by atoms with Gasteiger partial charge in [-0.25, -0.2) is 0 Å². The number of hydrogen-bond donors (Lipinski definition) is 0. The van der Waals surface area contributed by atoms with Crippen molar-refractivity contribution in [2.75, 3.05) is 34.2 Å². The van der Waals surface area contributed by atoms with Crippen molar-refractivity contribution in [3.05, 3.63) is 29.3 Å². The molecule has 0 atom stereocenters. The van der Waals surface area contributed by atoms with Gasteiger partial charge in [0.1, 0.15) is 11.4 Å². The average molecular weight is 278 g/mol. The maximum atomic E-state index is 5.98. The number of rotatable bonds is 6. The van der Waals surface area contributed by atoms with Crippen LogP contribution in [0.3, 0.4) is 0 Å². The molecule has 0 aliphatic heterocycles. The summed E-state index contributed by atoms with van der Waals surface area (Å²) in [6.07, 6.45) is 0. The predicted molar refractivity (Wildman–Crippen MR) is 86.4 cm³/mol. The number of hydrogen-bond acceptors (Lipinski definition) is 3. The van der Waals surface area contributed by atoms with E-state index in [-0.39, 0.29) is 5.60 Å². The van der Waals surface area contributed by atoms with E-state index in [4.69, 9.17) is 4.74 Å². The molecule has 3 heteroatoms. The van der Waals surface area contributed by atoms with Gasteiger partial charge in [-0.1, -0.05) is 6.07 Å². The predicted octanol–water partition coefficient (Wildman–Crippen LogP) is 3.17. The molecule has 0 amide bonds. The van der Waals surface area contributed by atoms with Gasteiger partial charge in [0.25, 0.3) is 0 Å². The maximum absolute atomic E-state index is 5.98. The van der Waals surface area contributed by atoms with Gasteiger partial charge in [-0.15, -0.1) is 0 Å². The van der Waals surface area contributed by atoms with Gasteiger partial charge in [0.05, 0.1) is 0 Å². The first-order chi connectivity index (χ1) is 9.15. The minimum absolute atomic E-state index is 0.151. The van der Waals surface area contributed by atoms with Crippen molar-refractivity contribution in [2.45, 2.75) is 39.8 Å². The van der Waals surface area contributed by atoms with Gasteiger partial charge >= 0.3 is 0 Å². The SMILES string of the molecule is Cc1cc(CN(C)CCN(C)C)cc(OC(C)(C)C)c1. The van der Waals surface area contributed by atoms with Crippen LogP contribution in [0.4, 0.5) is 0 Å². The lowest BCUT2D eigenvalue weighted by molar-refractivity contribution is 0.130. The highest BCUT2D eigenvalue weighted by Gasteiger charge is 2.12. The minimum atomic E-state index is -0.151. The molecule has 0 fully saturated rings. The van der Waals surface area contributed by atoms with Crippen LogP contribution in [0.15, 0.2) is 18.2 Å². The van der Waals surface area contributed by atoms with Crippen molar-refractivity contribution in [2.24, 2.45) is 0 Å². The van der Waals surface area contributed by atoms with Crippen LogP contribution < -0.4 is 4.74 Å². The van der Waals surface area contributed by atoms with E-state index in [9.17, 15) is 0 Å². The van der Waals surface area contributed by atoms with Crippen LogP contribution in [0.2, 0.25) is 0 Å². The Morgan fingerprint density at radius 1 is 1.00 bits per heavy atom. The molecule has 0 aliphatic carbocycles. The molecule has 0 unspecified atom stereocenters. The molecule has 0 N–H and O–H groups in total. The van der Waals surface area contributed by atoms with Crippen LogP contribution in [0, 0.1) is 6.92 Å². The summed E-state index contributed by atoms with van der Waals surface area (Å²) in [5.41, 5.74) is 2.41. The summed E-state index contributed by atoms with van der Waals surface area (Å²) in [5.74, 6) is 0.966. The highest BCUT2D eigenvalue weighted by molar-refractivity contribution is 5.34. The number of ether oxygens (including phenoxy) is 1. The Morgan fingerprint density at radius 3 is 2.20 bits per heavy atom. The quantitative estimate of drug-likeness (QED) is 0.795. The van der Waals surface area contributed by atoms with E-state index in [1.165, 1.54) is 11.1 Å². The van der Waals surface area contributed by atoms with Crippen LogP contribution in [0.1, 0.15) is 31.9 Å². The van der Waals surface area contributed by atoms with Crippen molar-refractivity contribution in [1.82, 2.24) is 9.80 Å². The summed E-state index contributed by atoms with van der Waals surface area (Å²) in [7, 11) is 6.38. The first kappa shape index (κ1) is 17.0. The zero-order valence-corrected chi connectivity index (χ0v) is 14.2. The molecule has 1 aromatic carbocycles. The van der Waals surface area contributed by atoms with Gasteiger partial charge in [0.15, 0.2) is 0 Å². The molecule has 1 aromatic rings. The number of aryl methyl sites for hydroxylation is 1. The van der Waals surface area contributed by atoms with E-state index in [0.717, 1.165) is 25.4 Å². The fraction of sp³-hybridized carbons (Fsp3) is 0.647. The first-order valence-corrected chi connectivity index (χ1v) is 7.28. The lowest BCUT2D eigenvalue weighted by Crippen LogP contribution is -2.28. The molecule has 0 saturated heterocycles. The summed E-state index contributed by atoms with van der Waals surface area (Å²) in [5, 5.41) is 0. The Kier molecular flexibility index (Phi) is 6.03. The Balaban J connectivity index is 2.70. The molecule has 114 valence electrons. The number of benzene rings is 1. The molecular formula is C17H30N2O. The van der Waals surface area contributed by atoms with Crippen LogP contribution in [-0.4, -0.2) is 49.6 Å². The fourth-order valence-corrected chi connectivity index (χ4v) is 2.09. The second-order valence-electron chi connectivity index (χ2n) is 6.91. The van der Waals surface area contributed by atoms with Gasteiger partial charge in [0, 0.05) is 19.6 Å². The standard InChI is InChI=1S/C17H30N2O/c1-14-10-15(13-19(7)9-8-18(5)6)12-16(11-14)20-17(2,3)4/h10-12H,8-9,13H2,1-7H3. The lowest BCUT2D eigenvalue weighted by atomic mass is 10.1. The fourth-order valence-electron chi connectivity index (χ4n) is 2.09. The lowest BCUT2D eigenvalue weighted by Gasteiger charge is -2.23. The molecule has 1 rings (SSSR count). The van der Waals surface area contributed by atoms with E-state index in [1.54, 1.807) is 0 Å². The molecule has 0 aromatic heterocycles. The van der Waals surface area contributed by atoms with Crippen molar-refractivity contribution < 1.29 is 4.74 Å². The molecule has 0 radical (unpaired) electrons. The third-order valence-electron chi connectivity index (χ3n) is 2.92. The molecule has 20 heavy (non-hydrogen) atoms. The Hall–Kier alpha value is -1.06. The normalized spacial score (nSPS) is 12.2. The van der Waals surface area contributed by atoms with Crippen molar-refractivity contribution >= 4 is 0 Å². The summed E-state index contributed by atoms with van der Waals surface area (Å²) >= 11 is 0. The van der Waals surface area contributed by atoms with Crippen LogP contribution >= 0.6 is 0 Å². The monoisotopic (exact) mass is 278 g/mol. The van der Waals surface area contributed by atoms with Gasteiger partial charge in [-0.05, 0) is 72.1 Å². The minimum Gasteiger partial charge on any atom is -0.488 e. The topological polar surface area (TPSA) is 15.7 Å². The summed E-state index contributed by atoms with van der Waals surface area (Å²) in [6, 6.07) is 6.50. The molecule has 0 saturated carbocycles. The van der Waals surface area contributed by atoms with Gasteiger partial charge in [-0.2, -0.15) is 0 Å². The Bertz CT molecular complexity index is 421. The molecular weight excluding hydrogens is 248 g/mol.